The third-order valence-electron chi connectivity index (χ3n) is 6.90. The average Bonchev–Trinajstić information content (AvgIpc) is 3.44. The smallest absolute Gasteiger partial charge is 0.474 e. The highest BCUT2D eigenvalue weighted by Crippen LogP contribution is 2.30. The minimum atomic E-state index is -5.54. The lowest BCUT2D eigenvalue weighted by molar-refractivity contribution is -0.156. The Bertz CT molecular complexity index is 1460. The van der Waals surface area contributed by atoms with Crippen LogP contribution >= 0.6 is 0 Å². The predicted molar refractivity (Wildman–Crippen MR) is 152 cm³/mol. The topological polar surface area (TPSA) is 131 Å². The van der Waals surface area contributed by atoms with Crippen molar-refractivity contribution in [3.05, 3.63) is 65.5 Å². The Labute approximate surface area is 249 Å². The first-order valence-electron chi connectivity index (χ1n) is 14.3. The van der Waals surface area contributed by atoms with Crippen LogP contribution in [-0.4, -0.2) is 45.9 Å². The number of carbonyl (C=O) groups is 2. The Kier molecular flexibility index (Phi) is 12.3. The number of aryl methyl sites for hydroxylation is 1. The Balaban J connectivity index is 1.62. The van der Waals surface area contributed by atoms with Crippen molar-refractivity contribution < 1.29 is 40.8 Å². The molecule has 1 amide bonds. The number of sulfone groups is 1. The van der Waals surface area contributed by atoms with E-state index in [1.165, 1.54) is 44.9 Å². The molecule has 0 aliphatic rings. The predicted octanol–water partition coefficient (Wildman–Crippen LogP) is 6.72. The Morgan fingerprint density at radius 1 is 0.884 bits per heavy atom. The molecular formula is C30H36F3N3O6S. The van der Waals surface area contributed by atoms with Crippen molar-refractivity contribution in [2.45, 2.75) is 94.6 Å². The van der Waals surface area contributed by atoms with Crippen molar-refractivity contribution in [2.75, 3.05) is 0 Å². The molecule has 0 saturated carbocycles. The maximum Gasteiger partial charge on any atom is 0.501 e. The van der Waals surface area contributed by atoms with Gasteiger partial charge in [-0.2, -0.15) is 18.2 Å². The van der Waals surface area contributed by atoms with E-state index in [4.69, 9.17) is 4.52 Å². The molecule has 0 saturated heterocycles. The minimum Gasteiger partial charge on any atom is -0.474 e. The number of rotatable bonds is 16. The van der Waals surface area contributed by atoms with Crippen LogP contribution in [0.25, 0.3) is 11.5 Å². The van der Waals surface area contributed by atoms with Crippen molar-refractivity contribution in [1.82, 2.24) is 15.0 Å². The molecule has 0 atom stereocenters. The molecule has 1 aromatic heterocycles. The summed E-state index contributed by atoms with van der Waals surface area (Å²) in [7, 11) is -5.54. The van der Waals surface area contributed by atoms with Crippen LogP contribution in [0, 0.1) is 0 Å². The van der Waals surface area contributed by atoms with Gasteiger partial charge in [0.1, 0.15) is 0 Å². The zero-order chi connectivity index (χ0) is 31.5. The fourth-order valence-corrected chi connectivity index (χ4v) is 5.31. The minimum absolute atomic E-state index is 0.152. The average molecular weight is 624 g/mol. The second-order valence-electron chi connectivity index (χ2n) is 10.4. The van der Waals surface area contributed by atoms with E-state index in [1.54, 1.807) is 24.3 Å². The van der Waals surface area contributed by atoms with Crippen LogP contribution in [-0.2, 0) is 38.9 Å². The summed E-state index contributed by atoms with van der Waals surface area (Å²) >= 11 is 0. The van der Waals surface area contributed by atoms with Crippen molar-refractivity contribution in [3.63, 3.8) is 0 Å². The standard InChI is InChI=1S/C30H36F3N3O6S/c1-2-3-4-5-6-7-8-9-10-14-26-34-27(42-35-26)24-13-11-12-23(19-24)21-36(28(37)29(38)39)20-22-15-17-25(18-16-22)43(40,41)30(31,32)33/h11-13,15-19H,2-10,14,20-21H2,1H3,(H,38,39). The number of hydrogen-bond acceptors (Lipinski definition) is 7. The van der Waals surface area contributed by atoms with E-state index in [0.717, 1.165) is 42.0 Å². The second-order valence-corrected chi connectivity index (χ2v) is 12.3. The molecule has 0 spiro atoms. The number of aliphatic carboxylic acids is 1. The van der Waals surface area contributed by atoms with E-state index in [9.17, 15) is 36.3 Å². The first kappa shape index (κ1) is 33.8. The number of unbranched alkanes of at least 4 members (excludes halogenated alkanes) is 8. The summed E-state index contributed by atoms with van der Waals surface area (Å²) in [5.41, 5.74) is -4.10. The van der Waals surface area contributed by atoms with Crippen molar-refractivity contribution in [2.24, 2.45) is 0 Å². The van der Waals surface area contributed by atoms with Gasteiger partial charge in [0.2, 0.25) is 0 Å². The number of aromatic nitrogens is 2. The van der Waals surface area contributed by atoms with E-state index in [0.29, 0.717) is 23.4 Å². The van der Waals surface area contributed by atoms with Gasteiger partial charge in [-0.15, -0.1) is 0 Å². The normalized spacial score (nSPS) is 11.9. The highest BCUT2D eigenvalue weighted by atomic mass is 32.2. The molecule has 0 bridgehead atoms. The number of hydrogen-bond donors (Lipinski definition) is 1. The third kappa shape index (κ3) is 9.91. The van der Waals surface area contributed by atoms with Gasteiger partial charge in [-0.25, -0.2) is 13.2 Å². The van der Waals surface area contributed by atoms with Crippen LogP contribution < -0.4 is 0 Å². The maximum absolute atomic E-state index is 12.8. The molecule has 2 aromatic carbocycles. The number of carbonyl (C=O) groups excluding carboxylic acids is 1. The number of carboxylic acid groups (broad SMARTS) is 1. The van der Waals surface area contributed by atoms with Crippen LogP contribution in [0.2, 0.25) is 0 Å². The first-order chi connectivity index (χ1) is 20.4. The molecule has 0 unspecified atom stereocenters. The van der Waals surface area contributed by atoms with Gasteiger partial charge in [0.05, 0.1) is 4.90 Å². The first-order valence-corrected chi connectivity index (χ1v) is 15.7. The van der Waals surface area contributed by atoms with E-state index in [1.807, 2.05) is 0 Å². The third-order valence-corrected chi connectivity index (χ3v) is 8.40. The van der Waals surface area contributed by atoms with Gasteiger partial charge < -0.3 is 14.5 Å². The molecule has 0 radical (unpaired) electrons. The van der Waals surface area contributed by atoms with Crippen molar-refractivity contribution >= 4 is 21.7 Å². The number of nitrogens with zero attached hydrogens (tertiary/aromatic N) is 3. The summed E-state index contributed by atoms with van der Waals surface area (Å²) in [4.78, 5) is 28.4. The summed E-state index contributed by atoms with van der Waals surface area (Å²) in [6.07, 6.45) is 11.5. The fourth-order valence-electron chi connectivity index (χ4n) is 4.55. The monoisotopic (exact) mass is 623 g/mol. The highest BCUT2D eigenvalue weighted by Gasteiger charge is 2.46. The molecular weight excluding hydrogens is 587 g/mol. The fraction of sp³-hybridized carbons (Fsp3) is 0.467. The summed E-state index contributed by atoms with van der Waals surface area (Å²) < 4.78 is 67.2. The van der Waals surface area contributed by atoms with Crippen molar-refractivity contribution in [3.8, 4) is 11.5 Å². The SMILES string of the molecule is CCCCCCCCCCCc1noc(-c2cccc(CN(Cc3ccc(S(=O)(=O)C(F)(F)F)cc3)C(=O)C(=O)O)c2)n1. The molecule has 3 rings (SSSR count). The lowest BCUT2D eigenvalue weighted by Gasteiger charge is -2.21. The summed E-state index contributed by atoms with van der Waals surface area (Å²) in [5, 5.41) is 13.4. The summed E-state index contributed by atoms with van der Waals surface area (Å²) in [5.74, 6) is -2.09. The molecule has 0 aliphatic carbocycles. The number of halogens is 3. The highest BCUT2D eigenvalue weighted by molar-refractivity contribution is 7.92. The molecule has 234 valence electrons. The van der Waals surface area contributed by atoms with Gasteiger partial charge in [-0.05, 0) is 41.8 Å². The molecule has 0 aliphatic heterocycles. The number of alkyl halides is 3. The van der Waals surface area contributed by atoms with Gasteiger partial charge in [-0.1, -0.05) is 87.7 Å². The van der Waals surface area contributed by atoms with Crippen LogP contribution in [0.15, 0.2) is 57.9 Å². The molecule has 1 N–H and O–H groups in total. The Hall–Kier alpha value is -3.74. The molecule has 3 aromatic rings. The molecule has 1 heterocycles. The Morgan fingerprint density at radius 2 is 1.49 bits per heavy atom. The lowest BCUT2D eigenvalue weighted by atomic mass is 10.1. The van der Waals surface area contributed by atoms with Crippen LogP contribution in [0.1, 0.15) is 81.7 Å². The second kappa shape index (κ2) is 15.6. The van der Waals surface area contributed by atoms with E-state index < -0.39 is 32.1 Å². The number of benzene rings is 2. The van der Waals surface area contributed by atoms with Gasteiger partial charge in [0, 0.05) is 25.1 Å². The summed E-state index contributed by atoms with van der Waals surface area (Å²) in [6, 6.07) is 10.5. The number of carboxylic acids is 1. The van der Waals surface area contributed by atoms with Gasteiger partial charge in [0.15, 0.2) is 5.82 Å². The van der Waals surface area contributed by atoms with Gasteiger partial charge >= 0.3 is 17.4 Å². The van der Waals surface area contributed by atoms with E-state index in [2.05, 4.69) is 17.1 Å². The van der Waals surface area contributed by atoms with Gasteiger partial charge in [0.25, 0.3) is 15.7 Å². The maximum atomic E-state index is 12.8. The largest absolute Gasteiger partial charge is 0.501 e. The molecule has 43 heavy (non-hydrogen) atoms. The van der Waals surface area contributed by atoms with E-state index >= 15 is 0 Å². The van der Waals surface area contributed by atoms with Crippen LogP contribution in [0.5, 0.6) is 0 Å². The Morgan fingerprint density at radius 3 is 2.09 bits per heavy atom. The molecule has 9 nitrogen and oxygen atoms in total. The quantitative estimate of drug-likeness (QED) is 0.138. The molecule has 13 heteroatoms. The number of amides is 1. The van der Waals surface area contributed by atoms with Crippen LogP contribution in [0.3, 0.4) is 0 Å². The summed E-state index contributed by atoms with van der Waals surface area (Å²) in [6.45, 7) is 1.77. The zero-order valence-electron chi connectivity index (χ0n) is 24.0. The van der Waals surface area contributed by atoms with Crippen molar-refractivity contribution in [1.29, 1.82) is 0 Å². The molecule has 0 fully saturated rings. The van der Waals surface area contributed by atoms with Crippen LogP contribution in [0.4, 0.5) is 13.2 Å². The zero-order valence-corrected chi connectivity index (χ0v) is 24.8. The lowest BCUT2D eigenvalue weighted by Crippen LogP contribution is -2.35. The van der Waals surface area contributed by atoms with Gasteiger partial charge in [-0.3, -0.25) is 4.79 Å². The van der Waals surface area contributed by atoms with E-state index in [-0.39, 0.29) is 24.5 Å².